The Bertz CT molecular complexity index is 627. The van der Waals surface area contributed by atoms with Crippen molar-refractivity contribution in [2.75, 3.05) is 14.2 Å². The van der Waals surface area contributed by atoms with Gasteiger partial charge in [0.1, 0.15) is 11.6 Å². The third kappa shape index (κ3) is 2.91. The van der Waals surface area contributed by atoms with Crippen molar-refractivity contribution in [1.82, 2.24) is 5.32 Å². The predicted octanol–water partition coefficient (Wildman–Crippen LogP) is 3.28. The molecular formula is C14H13BrFNO3. The van der Waals surface area contributed by atoms with Gasteiger partial charge in [-0.15, -0.1) is 0 Å². The fourth-order valence-electron chi connectivity index (χ4n) is 1.91. The summed E-state index contributed by atoms with van der Waals surface area (Å²) in [6, 6.07) is 7.20. The summed E-state index contributed by atoms with van der Waals surface area (Å²) < 4.78 is 24.2. The molecule has 1 aromatic carbocycles. The summed E-state index contributed by atoms with van der Waals surface area (Å²) in [5, 5.41) is 3.03. The standard InChI is InChI=1S/C14H13BrFNO3/c1-17-13(9-7-8(16)3-4-10(9)15)11-5-6-12(20-11)14(18)19-2/h3-7,13,17H,1-2H3. The molecule has 1 N–H and O–H groups in total. The number of methoxy groups -OCH3 is 1. The van der Waals surface area contributed by atoms with Gasteiger partial charge in [-0.1, -0.05) is 15.9 Å². The number of benzene rings is 1. The first-order valence-corrected chi connectivity index (χ1v) is 6.66. The maximum atomic E-state index is 13.4. The van der Waals surface area contributed by atoms with Gasteiger partial charge < -0.3 is 14.5 Å². The molecule has 20 heavy (non-hydrogen) atoms. The lowest BCUT2D eigenvalue weighted by Crippen LogP contribution is -2.17. The van der Waals surface area contributed by atoms with Crippen LogP contribution >= 0.6 is 15.9 Å². The second kappa shape index (κ2) is 6.19. The highest BCUT2D eigenvalue weighted by molar-refractivity contribution is 9.10. The molecule has 0 aliphatic rings. The van der Waals surface area contributed by atoms with Gasteiger partial charge in [0.05, 0.1) is 13.2 Å². The molecule has 0 fully saturated rings. The molecule has 1 heterocycles. The molecule has 6 heteroatoms. The van der Waals surface area contributed by atoms with E-state index in [4.69, 9.17) is 4.42 Å². The number of carbonyl (C=O) groups excluding carboxylic acids is 1. The highest BCUT2D eigenvalue weighted by atomic mass is 79.9. The Kier molecular flexibility index (Phi) is 4.57. The van der Waals surface area contributed by atoms with Gasteiger partial charge in [0.2, 0.25) is 5.76 Å². The molecule has 0 aliphatic heterocycles. The molecule has 1 aromatic heterocycles. The van der Waals surface area contributed by atoms with Crippen LogP contribution in [0.5, 0.6) is 0 Å². The molecular weight excluding hydrogens is 329 g/mol. The number of esters is 1. The Morgan fingerprint density at radius 1 is 1.40 bits per heavy atom. The van der Waals surface area contributed by atoms with E-state index < -0.39 is 5.97 Å². The quantitative estimate of drug-likeness (QED) is 0.867. The van der Waals surface area contributed by atoms with Crippen molar-refractivity contribution in [3.8, 4) is 0 Å². The Labute approximate surface area is 124 Å². The van der Waals surface area contributed by atoms with Crippen LogP contribution in [0.3, 0.4) is 0 Å². The van der Waals surface area contributed by atoms with E-state index in [0.29, 0.717) is 11.3 Å². The van der Waals surface area contributed by atoms with E-state index in [1.807, 2.05) is 0 Å². The van der Waals surface area contributed by atoms with Crippen molar-refractivity contribution in [2.45, 2.75) is 6.04 Å². The van der Waals surface area contributed by atoms with Crippen LogP contribution in [0.15, 0.2) is 39.2 Å². The summed E-state index contributed by atoms with van der Waals surface area (Å²) in [5.74, 6) is -0.290. The zero-order valence-corrected chi connectivity index (χ0v) is 12.5. The average Bonchev–Trinajstić information content (AvgIpc) is 2.92. The molecule has 2 rings (SSSR count). The molecule has 2 aromatic rings. The van der Waals surface area contributed by atoms with Crippen molar-refractivity contribution in [2.24, 2.45) is 0 Å². The number of nitrogens with one attached hydrogen (secondary N) is 1. The van der Waals surface area contributed by atoms with E-state index in [1.165, 1.54) is 25.3 Å². The van der Waals surface area contributed by atoms with Gasteiger partial charge in [-0.2, -0.15) is 0 Å². The molecule has 0 saturated heterocycles. The van der Waals surface area contributed by atoms with Gasteiger partial charge in [-0.05, 0) is 42.9 Å². The van der Waals surface area contributed by atoms with E-state index in [1.54, 1.807) is 19.2 Å². The molecule has 0 spiro atoms. The summed E-state index contributed by atoms with van der Waals surface area (Å²) in [7, 11) is 3.01. The van der Waals surface area contributed by atoms with Crippen LogP contribution in [0.25, 0.3) is 0 Å². The second-order valence-electron chi connectivity index (χ2n) is 4.08. The average molecular weight is 342 g/mol. The Morgan fingerprint density at radius 2 is 2.15 bits per heavy atom. The lowest BCUT2D eigenvalue weighted by Gasteiger charge is -2.16. The van der Waals surface area contributed by atoms with Crippen LogP contribution in [-0.2, 0) is 4.74 Å². The third-order valence-corrected chi connectivity index (χ3v) is 3.58. The van der Waals surface area contributed by atoms with Crippen LogP contribution in [0.2, 0.25) is 0 Å². The topological polar surface area (TPSA) is 51.5 Å². The molecule has 0 amide bonds. The Morgan fingerprint density at radius 3 is 2.80 bits per heavy atom. The van der Waals surface area contributed by atoms with Crippen LogP contribution in [-0.4, -0.2) is 20.1 Å². The Hall–Kier alpha value is -1.66. The number of hydrogen-bond donors (Lipinski definition) is 1. The smallest absolute Gasteiger partial charge is 0.373 e. The molecule has 106 valence electrons. The lowest BCUT2D eigenvalue weighted by atomic mass is 10.0. The zero-order chi connectivity index (χ0) is 14.7. The zero-order valence-electron chi connectivity index (χ0n) is 10.9. The van der Waals surface area contributed by atoms with Crippen LogP contribution in [0.4, 0.5) is 4.39 Å². The van der Waals surface area contributed by atoms with Crippen LogP contribution < -0.4 is 5.32 Å². The Balaban J connectivity index is 2.39. The van der Waals surface area contributed by atoms with Gasteiger partial charge in [0, 0.05) is 4.47 Å². The van der Waals surface area contributed by atoms with Crippen molar-refractivity contribution < 1.29 is 18.3 Å². The fraction of sp³-hybridized carbons (Fsp3) is 0.214. The number of hydrogen-bond acceptors (Lipinski definition) is 4. The molecule has 1 unspecified atom stereocenters. The van der Waals surface area contributed by atoms with Crippen molar-refractivity contribution >= 4 is 21.9 Å². The lowest BCUT2D eigenvalue weighted by molar-refractivity contribution is 0.0562. The minimum Gasteiger partial charge on any atom is -0.463 e. The first-order chi connectivity index (χ1) is 9.56. The van der Waals surface area contributed by atoms with Gasteiger partial charge in [0.15, 0.2) is 0 Å². The summed E-state index contributed by atoms with van der Waals surface area (Å²) in [6.45, 7) is 0. The second-order valence-corrected chi connectivity index (χ2v) is 4.94. The van der Waals surface area contributed by atoms with Gasteiger partial charge in [0.25, 0.3) is 0 Å². The first-order valence-electron chi connectivity index (χ1n) is 5.87. The molecule has 0 radical (unpaired) electrons. The van der Waals surface area contributed by atoms with E-state index in [2.05, 4.69) is 26.0 Å². The van der Waals surface area contributed by atoms with Gasteiger partial charge in [-0.3, -0.25) is 0 Å². The minimum atomic E-state index is -0.551. The van der Waals surface area contributed by atoms with E-state index in [9.17, 15) is 9.18 Å². The summed E-state index contributed by atoms with van der Waals surface area (Å²) in [6.07, 6.45) is 0. The van der Waals surface area contributed by atoms with Crippen molar-refractivity contribution in [3.05, 3.63) is 57.7 Å². The van der Waals surface area contributed by atoms with E-state index in [0.717, 1.165) is 4.47 Å². The van der Waals surface area contributed by atoms with Crippen molar-refractivity contribution in [1.29, 1.82) is 0 Å². The maximum Gasteiger partial charge on any atom is 0.373 e. The number of rotatable bonds is 4. The molecule has 0 saturated carbocycles. The fourth-order valence-corrected chi connectivity index (χ4v) is 2.38. The third-order valence-electron chi connectivity index (χ3n) is 2.86. The monoisotopic (exact) mass is 341 g/mol. The number of ether oxygens (including phenoxy) is 1. The highest BCUT2D eigenvalue weighted by Gasteiger charge is 2.21. The van der Waals surface area contributed by atoms with E-state index >= 15 is 0 Å². The SMILES string of the molecule is CNC(c1ccc(C(=O)OC)o1)c1cc(F)ccc1Br. The number of carbonyl (C=O) groups is 1. The first kappa shape index (κ1) is 14.7. The molecule has 0 bridgehead atoms. The van der Waals surface area contributed by atoms with E-state index in [-0.39, 0.29) is 17.6 Å². The van der Waals surface area contributed by atoms with Crippen molar-refractivity contribution in [3.63, 3.8) is 0 Å². The normalized spacial score (nSPS) is 12.2. The summed E-state index contributed by atoms with van der Waals surface area (Å²) in [5.41, 5.74) is 0.679. The van der Waals surface area contributed by atoms with Gasteiger partial charge >= 0.3 is 5.97 Å². The van der Waals surface area contributed by atoms with Crippen LogP contribution in [0.1, 0.15) is 27.9 Å². The molecule has 0 aliphatic carbocycles. The number of furan rings is 1. The number of halogens is 2. The predicted molar refractivity (Wildman–Crippen MR) is 75.1 cm³/mol. The highest BCUT2D eigenvalue weighted by Crippen LogP contribution is 2.30. The summed E-state index contributed by atoms with van der Waals surface area (Å²) >= 11 is 3.38. The van der Waals surface area contributed by atoms with Gasteiger partial charge in [-0.25, -0.2) is 9.18 Å². The minimum absolute atomic E-state index is 0.107. The maximum absolute atomic E-state index is 13.4. The molecule has 4 nitrogen and oxygen atoms in total. The largest absolute Gasteiger partial charge is 0.463 e. The van der Waals surface area contributed by atoms with Crippen LogP contribution in [0, 0.1) is 5.82 Å². The summed E-state index contributed by atoms with van der Waals surface area (Å²) in [4.78, 5) is 11.4. The molecule has 1 atom stereocenters.